The Bertz CT molecular complexity index is 2930. The zero-order valence-corrected chi connectivity index (χ0v) is 47.9. The molecular weight excluding hydrogens is 1010 g/mol. The minimum atomic E-state index is -3.59. The van der Waals surface area contributed by atoms with Gasteiger partial charge in [0.2, 0.25) is 11.9 Å². The molecule has 1 aliphatic rings. The summed E-state index contributed by atoms with van der Waals surface area (Å²) in [6.45, 7) is 12.1. The summed E-state index contributed by atoms with van der Waals surface area (Å²) in [5.74, 6) is 0.583. The van der Waals surface area contributed by atoms with Crippen molar-refractivity contribution >= 4 is 40.4 Å². The summed E-state index contributed by atoms with van der Waals surface area (Å²) in [6.07, 6.45) is -2.11. The minimum Gasteiger partial charge on any atom is -0.497 e. The first-order valence-corrected chi connectivity index (χ1v) is 30.0. The average Bonchev–Trinajstić information content (AvgIpc) is 4.03. The first-order chi connectivity index (χ1) is 37.2. The number of imidazole rings is 1. The second-order valence-corrected chi connectivity index (χ2v) is 24.7. The van der Waals surface area contributed by atoms with Crippen molar-refractivity contribution in [2.45, 2.75) is 95.4 Å². The van der Waals surface area contributed by atoms with Gasteiger partial charge in [0.25, 0.3) is 5.56 Å². The third-order valence-electron chi connectivity index (χ3n) is 14.0. The minimum absolute atomic E-state index is 0.0252. The number of methoxy groups -OCH3 is 3. The van der Waals surface area contributed by atoms with E-state index in [0.717, 1.165) is 22.7 Å². The molecule has 3 heterocycles. The van der Waals surface area contributed by atoms with Gasteiger partial charge in [0.15, 0.2) is 23.5 Å². The van der Waals surface area contributed by atoms with Crippen LogP contribution in [-0.4, -0.2) is 122 Å². The second kappa shape index (κ2) is 26.0. The van der Waals surface area contributed by atoms with Gasteiger partial charge in [0.05, 0.1) is 40.4 Å². The Kier molecular flexibility index (Phi) is 19.3. The van der Waals surface area contributed by atoms with Crippen LogP contribution in [0.25, 0.3) is 11.2 Å². The van der Waals surface area contributed by atoms with Crippen molar-refractivity contribution in [1.29, 1.82) is 0 Å². The molecule has 2 aromatic heterocycles. The molecule has 1 amide bonds. The monoisotopic (exact) mass is 1090 g/mol. The van der Waals surface area contributed by atoms with Crippen LogP contribution >= 0.6 is 7.87 Å². The zero-order valence-electron chi connectivity index (χ0n) is 45.6. The smallest absolute Gasteiger partial charge is 0.345 e. The van der Waals surface area contributed by atoms with E-state index in [1.807, 2.05) is 91.0 Å². The number of hydrogen-bond donors (Lipinski definition) is 3. The number of anilines is 1. The Morgan fingerprint density at radius 2 is 1.32 bits per heavy atom. The molecule has 1 aliphatic heterocycles. The summed E-state index contributed by atoms with van der Waals surface area (Å²) < 4.78 is 49.9. The Hall–Kier alpha value is -6.11. The number of aromatic amines is 1. The predicted octanol–water partition coefficient (Wildman–Crippen LogP) is 9.30. The van der Waals surface area contributed by atoms with Crippen LogP contribution in [0.15, 0.2) is 151 Å². The van der Waals surface area contributed by atoms with Crippen molar-refractivity contribution in [2.75, 3.05) is 52.6 Å². The van der Waals surface area contributed by atoms with Crippen molar-refractivity contribution in [3.63, 3.8) is 0 Å². The maximum Gasteiger partial charge on any atom is 0.345 e. The molecule has 0 saturated carbocycles. The second-order valence-electron chi connectivity index (χ2n) is 20.1. The van der Waals surface area contributed by atoms with Crippen LogP contribution in [0.4, 0.5) is 5.95 Å². The van der Waals surface area contributed by atoms with E-state index in [1.165, 1.54) is 17.5 Å². The van der Waals surface area contributed by atoms with Crippen LogP contribution < -0.4 is 20.3 Å². The number of aromatic nitrogens is 4. The molecular formula is C59H74N6O10PSi+. The van der Waals surface area contributed by atoms with Gasteiger partial charge in [0, 0.05) is 34.6 Å². The number of carbonyl (C=O) groups is 1. The van der Waals surface area contributed by atoms with Gasteiger partial charge in [-0.05, 0) is 91.4 Å². The molecule has 18 heteroatoms. The molecule has 0 radical (unpaired) electrons. The van der Waals surface area contributed by atoms with Gasteiger partial charge in [-0.2, -0.15) is 9.51 Å². The highest BCUT2D eigenvalue weighted by atomic mass is 31.2. The van der Waals surface area contributed by atoms with Gasteiger partial charge in [-0.1, -0.05) is 129 Å². The lowest BCUT2D eigenvalue weighted by atomic mass is 9.80. The lowest BCUT2D eigenvalue weighted by molar-refractivity contribution is -0.118. The number of ether oxygens (including phenoxy) is 6. The predicted molar refractivity (Wildman–Crippen MR) is 304 cm³/mol. The number of benzene rings is 5. The molecule has 0 spiro atoms. The van der Waals surface area contributed by atoms with Gasteiger partial charge < -0.3 is 28.4 Å². The lowest BCUT2D eigenvalue weighted by Gasteiger charge is -2.39. The van der Waals surface area contributed by atoms with E-state index in [1.54, 1.807) is 39.7 Å². The fourth-order valence-corrected chi connectivity index (χ4v) is 17.0. The number of amides is 1. The fourth-order valence-electron chi connectivity index (χ4n) is 10.5. The molecule has 408 valence electrons. The standard InChI is InChI=1S/C59H73N6O10PSi/c1-39(2)55(66)62-58-61-54-50(56(67)63-58)60-38-64(54)57-52(72-34-33-69-7)51(75-76(68,65(40(3)4)41(5)6)35-36-77-53(42-19-13-10-14-20-42)43-21-15-11-16-22-43)49(74-57)37-73-59(44-23-17-12-18-24-44,45-25-29-47(70-8)30-26-45)46-27-31-48(71-9)32-28-46/h10-32,38-41,49,51-53,57,68H,33-37,77H2,1-9H3,(H-,61,62,63,66,67)/p+1/t49-,51-,52-,57-,76?/m1/s1. The van der Waals surface area contributed by atoms with Crippen LogP contribution in [0.3, 0.4) is 0 Å². The van der Waals surface area contributed by atoms with Crippen molar-refractivity contribution < 1.29 is 42.6 Å². The summed E-state index contributed by atoms with van der Waals surface area (Å²) in [5, 5.41) is 2.74. The highest BCUT2D eigenvalue weighted by molar-refractivity contribution is 7.63. The molecule has 8 rings (SSSR count). The van der Waals surface area contributed by atoms with E-state index in [4.69, 9.17) is 37.9 Å². The number of rotatable bonds is 26. The molecule has 1 saturated heterocycles. The van der Waals surface area contributed by atoms with Crippen molar-refractivity contribution in [1.82, 2.24) is 24.2 Å². The third-order valence-corrected chi connectivity index (χ3v) is 20.1. The van der Waals surface area contributed by atoms with Crippen molar-refractivity contribution in [3.05, 3.63) is 184 Å². The van der Waals surface area contributed by atoms with Gasteiger partial charge in [-0.15, -0.1) is 4.67 Å². The quantitative estimate of drug-likeness (QED) is 0.0202. The maximum atomic E-state index is 13.8. The zero-order chi connectivity index (χ0) is 54.7. The highest BCUT2D eigenvalue weighted by Gasteiger charge is 2.59. The van der Waals surface area contributed by atoms with Crippen LogP contribution in [0.1, 0.15) is 81.1 Å². The number of fused-ring (bicyclic) bond motifs is 1. The molecule has 1 fully saturated rings. The summed E-state index contributed by atoms with van der Waals surface area (Å²) in [4.78, 5) is 52.4. The summed E-state index contributed by atoms with van der Waals surface area (Å²) in [5.41, 5.74) is 3.49. The average molecular weight is 1090 g/mol. The Morgan fingerprint density at radius 3 is 1.84 bits per heavy atom. The van der Waals surface area contributed by atoms with E-state index >= 15 is 0 Å². The number of carbonyl (C=O) groups excluding carboxylic acids is 1. The molecule has 3 N–H and O–H groups in total. The topological polar surface area (TPSA) is 181 Å². The van der Waals surface area contributed by atoms with Gasteiger partial charge in [-0.25, -0.2) is 9.88 Å². The van der Waals surface area contributed by atoms with E-state index in [2.05, 4.69) is 96.2 Å². The maximum absolute atomic E-state index is 13.8. The third kappa shape index (κ3) is 12.9. The molecule has 0 aliphatic carbocycles. The molecule has 0 bridgehead atoms. The Balaban J connectivity index is 1.28. The van der Waals surface area contributed by atoms with E-state index < -0.39 is 59.0 Å². The van der Waals surface area contributed by atoms with Gasteiger partial charge in [-0.3, -0.25) is 24.5 Å². The largest absolute Gasteiger partial charge is 0.497 e. The summed E-state index contributed by atoms with van der Waals surface area (Å²) in [7, 11) is 0.302. The van der Waals surface area contributed by atoms with E-state index in [9.17, 15) is 14.5 Å². The summed E-state index contributed by atoms with van der Waals surface area (Å²) >= 11 is 0. The van der Waals surface area contributed by atoms with Crippen LogP contribution in [0.2, 0.25) is 6.04 Å². The van der Waals surface area contributed by atoms with E-state index in [0.29, 0.717) is 17.7 Å². The Labute approximate surface area is 454 Å². The van der Waals surface area contributed by atoms with Crippen LogP contribution in [0, 0.1) is 5.92 Å². The van der Waals surface area contributed by atoms with Crippen molar-refractivity contribution in [3.8, 4) is 11.5 Å². The first-order valence-electron chi connectivity index (χ1n) is 26.4. The van der Waals surface area contributed by atoms with E-state index in [-0.39, 0.29) is 60.5 Å². The molecule has 1 unspecified atom stereocenters. The number of nitrogens with one attached hydrogen (secondary N) is 2. The molecule has 16 nitrogen and oxygen atoms in total. The molecule has 5 aromatic carbocycles. The first kappa shape index (κ1) is 57.1. The van der Waals surface area contributed by atoms with Crippen LogP contribution in [-0.2, 0) is 33.9 Å². The normalized spacial score (nSPS) is 17.9. The molecule has 77 heavy (non-hydrogen) atoms. The van der Waals surface area contributed by atoms with Gasteiger partial charge in [0.1, 0.15) is 35.5 Å². The summed E-state index contributed by atoms with van der Waals surface area (Å²) in [6, 6.07) is 47.3. The van der Waals surface area contributed by atoms with Crippen molar-refractivity contribution in [2.24, 2.45) is 5.92 Å². The fraction of sp³-hybridized carbons (Fsp3) is 0.390. The number of hydrogen-bond acceptors (Lipinski definition) is 13. The highest BCUT2D eigenvalue weighted by Crippen LogP contribution is 2.64. The Morgan fingerprint density at radius 1 is 0.779 bits per heavy atom. The SMILES string of the molecule is COCCO[C@@H]1[C@H](O[P+](O)(CC[SiH2]C(c2ccccc2)c2ccccc2)N(C(C)C)C(C)C)[C@@H](COC(c2ccccc2)(c2ccc(OC)cc2)c2ccc(OC)cc2)O[C@H]1n1cnc2c(=O)[nH]c(NC(=O)C(C)C)nc21. The number of nitrogens with zero attached hydrogens (tertiary/aromatic N) is 4. The lowest BCUT2D eigenvalue weighted by Crippen LogP contribution is -2.45. The van der Waals surface area contributed by atoms with Gasteiger partial charge >= 0.3 is 7.87 Å². The number of H-pyrrole nitrogens is 1. The molecule has 7 aromatic rings. The molecule has 5 atom stereocenters. The van der Waals surface area contributed by atoms with Crippen LogP contribution in [0.5, 0.6) is 11.5 Å².